The van der Waals surface area contributed by atoms with Crippen LogP contribution in [0.3, 0.4) is 0 Å². The van der Waals surface area contributed by atoms with E-state index in [4.69, 9.17) is 4.74 Å². The Bertz CT molecular complexity index is 190. The topological polar surface area (TPSA) is 52.6 Å². The van der Waals surface area contributed by atoms with Gasteiger partial charge < -0.3 is 9.47 Å². The van der Waals surface area contributed by atoms with E-state index in [1.807, 2.05) is 0 Å². The van der Waals surface area contributed by atoms with Gasteiger partial charge in [-0.2, -0.15) is 0 Å². The largest absolute Gasteiger partial charge is 0.509 e. The van der Waals surface area contributed by atoms with Crippen LogP contribution in [0.2, 0.25) is 0 Å². The molecule has 1 aliphatic heterocycles. The van der Waals surface area contributed by atoms with E-state index in [1.165, 1.54) is 0 Å². The SMILES string of the molecule is CCCCC[C@H]1OC(=O)O[C@H]1C=O. The Hall–Kier alpha value is -1.06. The van der Waals surface area contributed by atoms with Crippen LogP contribution >= 0.6 is 0 Å². The Balaban J connectivity index is 2.31. The van der Waals surface area contributed by atoms with Crippen molar-refractivity contribution < 1.29 is 19.1 Å². The molecular formula is C9H14O4. The van der Waals surface area contributed by atoms with Gasteiger partial charge in [0.2, 0.25) is 0 Å². The molecule has 0 aliphatic carbocycles. The van der Waals surface area contributed by atoms with Gasteiger partial charge in [-0.3, -0.25) is 4.79 Å². The summed E-state index contributed by atoms with van der Waals surface area (Å²) in [5.74, 6) is 0. The molecule has 1 saturated heterocycles. The van der Waals surface area contributed by atoms with Gasteiger partial charge in [0.25, 0.3) is 0 Å². The third-order valence-electron chi connectivity index (χ3n) is 2.07. The first-order valence-corrected chi connectivity index (χ1v) is 4.60. The van der Waals surface area contributed by atoms with E-state index < -0.39 is 12.3 Å². The quantitative estimate of drug-likeness (QED) is 0.372. The molecule has 1 aliphatic rings. The molecule has 0 aromatic heterocycles. The number of carbonyl (C=O) groups is 2. The zero-order valence-corrected chi connectivity index (χ0v) is 7.69. The first-order chi connectivity index (χ1) is 6.27. The van der Waals surface area contributed by atoms with E-state index in [-0.39, 0.29) is 6.10 Å². The molecule has 13 heavy (non-hydrogen) atoms. The molecule has 4 heteroatoms. The van der Waals surface area contributed by atoms with Gasteiger partial charge in [-0.15, -0.1) is 0 Å². The summed E-state index contributed by atoms with van der Waals surface area (Å²) in [5, 5.41) is 0. The maximum atomic E-state index is 10.7. The van der Waals surface area contributed by atoms with Gasteiger partial charge in [-0.25, -0.2) is 4.79 Å². The van der Waals surface area contributed by atoms with Crippen molar-refractivity contribution in [2.75, 3.05) is 0 Å². The van der Waals surface area contributed by atoms with Crippen LogP contribution in [-0.4, -0.2) is 24.6 Å². The Labute approximate surface area is 77.2 Å². The summed E-state index contributed by atoms with van der Waals surface area (Å²) in [6, 6.07) is 0. The van der Waals surface area contributed by atoms with Crippen molar-refractivity contribution in [2.45, 2.75) is 44.8 Å². The molecule has 74 valence electrons. The molecule has 1 heterocycles. The number of aldehydes is 1. The maximum absolute atomic E-state index is 10.7. The third-order valence-corrected chi connectivity index (χ3v) is 2.07. The lowest BCUT2D eigenvalue weighted by Crippen LogP contribution is -2.23. The van der Waals surface area contributed by atoms with Crippen LogP contribution in [0.25, 0.3) is 0 Å². The minimum atomic E-state index is -0.724. The highest BCUT2D eigenvalue weighted by molar-refractivity contribution is 5.70. The van der Waals surface area contributed by atoms with Crippen LogP contribution in [0.15, 0.2) is 0 Å². The number of ether oxygens (including phenoxy) is 2. The Kier molecular flexibility index (Phi) is 3.73. The van der Waals surface area contributed by atoms with Crippen molar-refractivity contribution in [1.82, 2.24) is 0 Å². The molecule has 0 saturated carbocycles. The highest BCUT2D eigenvalue weighted by Crippen LogP contribution is 2.19. The van der Waals surface area contributed by atoms with E-state index in [9.17, 15) is 9.59 Å². The van der Waals surface area contributed by atoms with E-state index in [1.54, 1.807) is 0 Å². The van der Waals surface area contributed by atoms with Crippen molar-refractivity contribution in [3.63, 3.8) is 0 Å². The number of carbonyl (C=O) groups excluding carboxylic acids is 2. The van der Waals surface area contributed by atoms with Gasteiger partial charge in [-0.05, 0) is 12.8 Å². The molecule has 0 radical (unpaired) electrons. The Morgan fingerprint density at radius 1 is 1.38 bits per heavy atom. The fraction of sp³-hybridized carbons (Fsp3) is 0.778. The normalized spacial score (nSPS) is 26.7. The molecule has 0 N–H and O–H groups in total. The fourth-order valence-corrected chi connectivity index (χ4v) is 1.34. The standard InChI is InChI=1S/C9H14O4/c1-2-3-4-5-7-8(6-10)13-9(11)12-7/h6-8H,2-5H2,1H3/t7-,8+/m1/s1. The number of cyclic esters (lactones) is 2. The molecule has 0 amide bonds. The van der Waals surface area contributed by atoms with Crippen LogP contribution in [0.4, 0.5) is 4.79 Å². The highest BCUT2D eigenvalue weighted by atomic mass is 16.8. The number of rotatable bonds is 5. The molecule has 0 aromatic carbocycles. The summed E-state index contributed by atoms with van der Waals surface area (Å²) < 4.78 is 9.44. The number of hydrogen-bond acceptors (Lipinski definition) is 4. The van der Waals surface area contributed by atoms with E-state index in [0.29, 0.717) is 12.7 Å². The van der Waals surface area contributed by atoms with Gasteiger partial charge in [0.1, 0.15) is 6.10 Å². The van der Waals surface area contributed by atoms with Gasteiger partial charge in [0.15, 0.2) is 12.4 Å². The summed E-state index contributed by atoms with van der Waals surface area (Å²) in [6.07, 6.45) is 2.71. The average molecular weight is 186 g/mol. The molecular weight excluding hydrogens is 172 g/mol. The zero-order valence-electron chi connectivity index (χ0n) is 7.69. The highest BCUT2D eigenvalue weighted by Gasteiger charge is 2.35. The molecule has 1 rings (SSSR count). The first-order valence-electron chi connectivity index (χ1n) is 4.60. The molecule has 0 bridgehead atoms. The lowest BCUT2D eigenvalue weighted by atomic mass is 10.1. The summed E-state index contributed by atoms with van der Waals surface area (Å²) >= 11 is 0. The second-order valence-electron chi connectivity index (χ2n) is 3.12. The summed E-state index contributed by atoms with van der Waals surface area (Å²) in [6.45, 7) is 2.09. The molecule has 0 unspecified atom stereocenters. The van der Waals surface area contributed by atoms with Gasteiger partial charge in [0.05, 0.1) is 0 Å². The fourth-order valence-electron chi connectivity index (χ4n) is 1.34. The lowest BCUT2D eigenvalue weighted by molar-refractivity contribution is -0.114. The lowest BCUT2D eigenvalue weighted by Gasteiger charge is -2.08. The predicted octanol–water partition coefficient (Wildman–Crippen LogP) is 1.67. The number of hydrogen-bond donors (Lipinski definition) is 0. The van der Waals surface area contributed by atoms with Crippen molar-refractivity contribution in [1.29, 1.82) is 0 Å². The Morgan fingerprint density at radius 3 is 2.77 bits per heavy atom. The Morgan fingerprint density at radius 2 is 2.15 bits per heavy atom. The number of unbranched alkanes of at least 4 members (excludes halogenated alkanes) is 2. The molecule has 0 aromatic rings. The summed E-state index contributed by atoms with van der Waals surface area (Å²) in [4.78, 5) is 21.1. The monoisotopic (exact) mass is 186 g/mol. The van der Waals surface area contributed by atoms with Crippen LogP contribution < -0.4 is 0 Å². The summed E-state index contributed by atoms with van der Waals surface area (Å²) in [7, 11) is 0. The van der Waals surface area contributed by atoms with Crippen LogP contribution in [0.5, 0.6) is 0 Å². The molecule has 4 nitrogen and oxygen atoms in total. The second-order valence-corrected chi connectivity index (χ2v) is 3.12. The zero-order chi connectivity index (χ0) is 9.68. The predicted molar refractivity (Wildman–Crippen MR) is 45.3 cm³/mol. The molecule has 0 spiro atoms. The molecule has 2 atom stereocenters. The average Bonchev–Trinajstić information content (AvgIpc) is 2.47. The van der Waals surface area contributed by atoms with E-state index in [0.717, 1.165) is 19.3 Å². The minimum absolute atomic E-state index is 0.364. The van der Waals surface area contributed by atoms with Crippen molar-refractivity contribution in [3.05, 3.63) is 0 Å². The second kappa shape index (κ2) is 4.84. The maximum Gasteiger partial charge on any atom is 0.509 e. The van der Waals surface area contributed by atoms with Gasteiger partial charge >= 0.3 is 6.16 Å². The van der Waals surface area contributed by atoms with E-state index in [2.05, 4.69) is 11.7 Å². The van der Waals surface area contributed by atoms with Crippen LogP contribution in [0.1, 0.15) is 32.6 Å². The van der Waals surface area contributed by atoms with Gasteiger partial charge in [0, 0.05) is 0 Å². The van der Waals surface area contributed by atoms with Crippen LogP contribution in [0, 0.1) is 0 Å². The first kappa shape index (κ1) is 10.0. The third kappa shape index (κ3) is 2.72. The minimum Gasteiger partial charge on any atom is -0.427 e. The van der Waals surface area contributed by atoms with Crippen molar-refractivity contribution >= 4 is 12.4 Å². The smallest absolute Gasteiger partial charge is 0.427 e. The van der Waals surface area contributed by atoms with Crippen LogP contribution in [-0.2, 0) is 14.3 Å². The van der Waals surface area contributed by atoms with Gasteiger partial charge in [-0.1, -0.05) is 19.8 Å². The van der Waals surface area contributed by atoms with Crippen molar-refractivity contribution in [3.8, 4) is 0 Å². The molecule has 1 fully saturated rings. The van der Waals surface area contributed by atoms with E-state index >= 15 is 0 Å². The van der Waals surface area contributed by atoms with Crippen molar-refractivity contribution in [2.24, 2.45) is 0 Å². The summed E-state index contributed by atoms with van der Waals surface area (Å²) in [5.41, 5.74) is 0.